The van der Waals surface area contributed by atoms with E-state index in [0.29, 0.717) is 0 Å². The molecule has 1 fully saturated rings. The summed E-state index contributed by atoms with van der Waals surface area (Å²) in [6.07, 6.45) is 13.8. The molecular formula is C19H37NO2. The van der Waals surface area contributed by atoms with E-state index in [1.165, 1.54) is 44.9 Å². The predicted molar refractivity (Wildman–Crippen MR) is 93.0 cm³/mol. The fraction of sp³-hybridized carbons (Fsp3) is 0.947. The smallest absolute Gasteiger partial charge is 0.308 e. The molecule has 0 bridgehead atoms. The standard InChI is InChI=1S/C19H37NO2/c1-4-5-6-7-8-9-10-11-13-17(2)19(21)22-18-14-12-15-20(3)16-18/h17-18H,4-16H2,1-3H3. The van der Waals surface area contributed by atoms with E-state index < -0.39 is 0 Å². The molecule has 22 heavy (non-hydrogen) atoms. The maximum Gasteiger partial charge on any atom is 0.308 e. The number of likely N-dealkylation sites (tertiary alicyclic amines) is 1. The van der Waals surface area contributed by atoms with Gasteiger partial charge in [-0.05, 0) is 32.9 Å². The van der Waals surface area contributed by atoms with Crippen molar-refractivity contribution in [3.63, 3.8) is 0 Å². The summed E-state index contributed by atoms with van der Waals surface area (Å²) in [6.45, 7) is 6.31. The highest BCUT2D eigenvalue weighted by molar-refractivity contribution is 5.72. The van der Waals surface area contributed by atoms with E-state index in [2.05, 4.69) is 18.9 Å². The number of ether oxygens (including phenoxy) is 1. The molecule has 0 spiro atoms. The van der Waals surface area contributed by atoms with Crippen molar-refractivity contribution in [3.05, 3.63) is 0 Å². The summed E-state index contributed by atoms with van der Waals surface area (Å²) >= 11 is 0. The summed E-state index contributed by atoms with van der Waals surface area (Å²) < 4.78 is 5.67. The van der Waals surface area contributed by atoms with Gasteiger partial charge in [-0.2, -0.15) is 0 Å². The van der Waals surface area contributed by atoms with Gasteiger partial charge in [-0.15, -0.1) is 0 Å². The Kier molecular flexibility index (Phi) is 10.6. The first kappa shape index (κ1) is 19.5. The number of unbranched alkanes of at least 4 members (excludes halogenated alkanes) is 7. The minimum Gasteiger partial charge on any atom is -0.461 e. The van der Waals surface area contributed by atoms with Gasteiger partial charge in [0.05, 0.1) is 5.92 Å². The minimum absolute atomic E-state index is 0.0169. The van der Waals surface area contributed by atoms with E-state index in [1.807, 2.05) is 6.92 Å². The van der Waals surface area contributed by atoms with Crippen molar-refractivity contribution in [2.24, 2.45) is 5.92 Å². The van der Waals surface area contributed by atoms with Crippen LogP contribution in [0.3, 0.4) is 0 Å². The van der Waals surface area contributed by atoms with Gasteiger partial charge in [-0.1, -0.05) is 65.2 Å². The second kappa shape index (κ2) is 11.9. The molecule has 2 atom stereocenters. The number of carbonyl (C=O) groups excluding carboxylic acids is 1. The zero-order valence-corrected chi connectivity index (χ0v) is 15.1. The van der Waals surface area contributed by atoms with E-state index in [9.17, 15) is 4.79 Å². The van der Waals surface area contributed by atoms with Crippen molar-refractivity contribution in [1.29, 1.82) is 0 Å². The molecule has 1 heterocycles. The molecule has 0 aromatic carbocycles. The van der Waals surface area contributed by atoms with Gasteiger partial charge < -0.3 is 9.64 Å². The summed E-state index contributed by atoms with van der Waals surface area (Å²) in [7, 11) is 2.10. The Bertz CT molecular complexity index is 293. The summed E-state index contributed by atoms with van der Waals surface area (Å²) in [5.41, 5.74) is 0. The van der Waals surface area contributed by atoms with Gasteiger partial charge in [0.25, 0.3) is 0 Å². The summed E-state index contributed by atoms with van der Waals surface area (Å²) in [5, 5.41) is 0. The second-order valence-corrected chi connectivity index (χ2v) is 7.13. The van der Waals surface area contributed by atoms with Gasteiger partial charge in [0, 0.05) is 6.54 Å². The molecule has 1 aliphatic heterocycles. The lowest BCUT2D eigenvalue weighted by atomic mass is 10.0. The molecule has 1 rings (SSSR count). The maximum atomic E-state index is 12.1. The third-order valence-corrected chi connectivity index (χ3v) is 4.76. The maximum absolute atomic E-state index is 12.1. The van der Waals surface area contributed by atoms with Crippen LogP contribution in [-0.2, 0) is 9.53 Å². The van der Waals surface area contributed by atoms with Gasteiger partial charge in [-0.3, -0.25) is 4.79 Å². The van der Waals surface area contributed by atoms with Crippen LogP contribution in [0.25, 0.3) is 0 Å². The van der Waals surface area contributed by atoms with Crippen molar-refractivity contribution < 1.29 is 9.53 Å². The highest BCUT2D eigenvalue weighted by atomic mass is 16.5. The van der Waals surface area contributed by atoms with Crippen LogP contribution < -0.4 is 0 Å². The minimum atomic E-state index is 0.0169. The van der Waals surface area contributed by atoms with Crippen LogP contribution in [0, 0.1) is 5.92 Å². The molecule has 0 saturated carbocycles. The summed E-state index contributed by atoms with van der Waals surface area (Å²) in [6, 6.07) is 0. The van der Waals surface area contributed by atoms with E-state index in [0.717, 1.165) is 38.8 Å². The van der Waals surface area contributed by atoms with Gasteiger partial charge in [0.1, 0.15) is 6.10 Å². The number of hydrogen-bond donors (Lipinski definition) is 0. The van der Waals surface area contributed by atoms with Crippen LogP contribution in [-0.4, -0.2) is 37.1 Å². The number of likely N-dealkylation sites (N-methyl/N-ethyl adjacent to an activating group) is 1. The Labute approximate surface area is 137 Å². The molecule has 0 aromatic rings. The topological polar surface area (TPSA) is 29.5 Å². The molecule has 3 nitrogen and oxygen atoms in total. The number of rotatable bonds is 11. The van der Waals surface area contributed by atoms with Crippen LogP contribution >= 0.6 is 0 Å². The molecule has 0 radical (unpaired) electrons. The number of hydrogen-bond acceptors (Lipinski definition) is 3. The number of nitrogens with zero attached hydrogens (tertiary/aromatic N) is 1. The lowest BCUT2D eigenvalue weighted by Gasteiger charge is -2.30. The van der Waals surface area contributed by atoms with Crippen molar-refractivity contribution in [2.45, 2.75) is 90.6 Å². The molecule has 1 aliphatic rings. The lowest BCUT2D eigenvalue weighted by Crippen LogP contribution is -2.38. The summed E-state index contributed by atoms with van der Waals surface area (Å²) in [5.74, 6) is 0.0792. The zero-order valence-electron chi connectivity index (χ0n) is 15.1. The SMILES string of the molecule is CCCCCCCCCCC(C)C(=O)OC1CCCN(C)C1. The predicted octanol–water partition coefficient (Wildman–Crippen LogP) is 4.79. The fourth-order valence-corrected chi connectivity index (χ4v) is 3.20. The molecular weight excluding hydrogens is 274 g/mol. The van der Waals surface area contributed by atoms with Crippen LogP contribution in [0.15, 0.2) is 0 Å². The van der Waals surface area contributed by atoms with E-state index in [-0.39, 0.29) is 18.0 Å². The zero-order chi connectivity index (χ0) is 16.2. The van der Waals surface area contributed by atoms with Gasteiger partial charge >= 0.3 is 5.97 Å². The third kappa shape index (κ3) is 8.77. The average molecular weight is 312 g/mol. The fourth-order valence-electron chi connectivity index (χ4n) is 3.20. The molecule has 2 unspecified atom stereocenters. The Morgan fingerprint density at radius 3 is 2.41 bits per heavy atom. The summed E-state index contributed by atoms with van der Waals surface area (Å²) in [4.78, 5) is 14.4. The Morgan fingerprint density at radius 1 is 1.14 bits per heavy atom. The van der Waals surface area contributed by atoms with E-state index >= 15 is 0 Å². The third-order valence-electron chi connectivity index (χ3n) is 4.76. The molecule has 130 valence electrons. The van der Waals surface area contributed by atoms with Gasteiger partial charge in [0.2, 0.25) is 0 Å². The molecule has 1 saturated heterocycles. The van der Waals surface area contributed by atoms with Crippen molar-refractivity contribution >= 4 is 5.97 Å². The van der Waals surface area contributed by atoms with E-state index in [1.54, 1.807) is 0 Å². The average Bonchev–Trinajstić information content (AvgIpc) is 2.49. The molecule has 3 heteroatoms. The highest BCUT2D eigenvalue weighted by Crippen LogP contribution is 2.17. The molecule has 0 aliphatic carbocycles. The van der Waals surface area contributed by atoms with Crippen LogP contribution in [0.5, 0.6) is 0 Å². The molecule has 0 N–H and O–H groups in total. The molecule has 0 aromatic heterocycles. The number of piperidine rings is 1. The van der Waals surface area contributed by atoms with Crippen molar-refractivity contribution in [3.8, 4) is 0 Å². The first-order chi connectivity index (χ1) is 10.6. The van der Waals surface area contributed by atoms with Gasteiger partial charge in [-0.25, -0.2) is 0 Å². The van der Waals surface area contributed by atoms with Gasteiger partial charge in [0.15, 0.2) is 0 Å². The first-order valence-electron chi connectivity index (χ1n) is 9.52. The van der Waals surface area contributed by atoms with Crippen LogP contribution in [0.2, 0.25) is 0 Å². The number of carbonyl (C=O) groups is 1. The second-order valence-electron chi connectivity index (χ2n) is 7.13. The van der Waals surface area contributed by atoms with Crippen LogP contribution in [0.1, 0.15) is 84.5 Å². The Balaban J connectivity index is 2.01. The Hall–Kier alpha value is -0.570. The molecule has 0 amide bonds. The quantitative estimate of drug-likeness (QED) is 0.406. The normalized spacial score (nSPS) is 20.8. The van der Waals surface area contributed by atoms with E-state index in [4.69, 9.17) is 4.74 Å². The van der Waals surface area contributed by atoms with Crippen molar-refractivity contribution in [1.82, 2.24) is 4.90 Å². The highest BCUT2D eigenvalue weighted by Gasteiger charge is 2.23. The van der Waals surface area contributed by atoms with Crippen molar-refractivity contribution in [2.75, 3.05) is 20.1 Å². The Morgan fingerprint density at radius 2 is 1.77 bits per heavy atom. The first-order valence-corrected chi connectivity index (χ1v) is 9.52. The largest absolute Gasteiger partial charge is 0.461 e. The monoisotopic (exact) mass is 311 g/mol. The van der Waals surface area contributed by atoms with Crippen LogP contribution in [0.4, 0.5) is 0 Å². The lowest BCUT2D eigenvalue weighted by molar-refractivity contribution is -0.156. The number of esters is 1.